The Morgan fingerprint density at radius 3 is 0.874 bits per heavy atom. The molecule has 6 heteroatoms. The zero-order chi connectivity index (χ0) is 62.8. The van der Waals surface area contributed by atoms with Crippen molar-refractivity contribution in [1.29, 1.82) is 0 Å². The van der Waals surface area contributed by atoms with E-state index in [1.165, 1.54) is 379 Å². The zero-order valence-corrected chi connectivity index (χ0v) is 59.3. The third-order valence-electron chi connectivity index (χ3n) is 19.0. The number of hydrogen-bond donors (Lipinski definition) is 3. The van der Waals surface area contributed by atoms with Gasteiger partial charge in [0.2, 0.25) is 5.91 Å². The third-order valence-corrected chi connectivity index (χ3v) is 19.0. The predicted molar refractivity (Wildman–Crippen MR) is 384 cm³/mol. The molecule has 0 aromatic heterocycles. The van der Waals surface area contributed by atoms with Gasteiger partial charge in [0, 0.05) is 12.8 Å². The number of carbonyl (C=O) groups excluding carboxylic acids is 2. The van der Waals surface area contributed by atoms with Gasteiger partial charge < -0.3 is 20.3 Å². The Kier molecular flexibility index (Phi) is 75.3. The van der Waals surface area contributed by atoms with Gasteiger partial charge in [-0.25, -0.2) is 0 Å². The highest BCUT2D eigenvalue weighted by Gasteiger charge is 2.20. The van der Waals surface area contributed by atoms with Gasteiger partial charge in [-0.3, -0.25) is 9.59 Å². The highest BCUT2D eigenvalue weighted by Crippen LogP contribution is 2.20. The minimum absolute atomic E-state index is 0.0226. The summed E-state index contributed by atoms with van der Waals surface area (Å²) >= 11 is 0. The second-order valence-corrected chi connectivity index (χ2v) is 27.8. The summed E-state index contributed by atoms with van der Waals surface area (Å²) in [6, 6.07) is -0.540. The normalized spacial score (nSPS) is 12.6. The molecule has 0 aliphatic rings. The molecular formula is C81H157NO5. The fourth-order valence-corrected chi connectivity index (χ4v) is 12.9. The monoisotopic (exact) mass is 1220 g/mol. The number of hydrogen-bond acceptors (Lipinski definition) is 5. The number of aliphatic hydroxyl groups excluding tert-OH is 2. The van der Waals surface area contributed by atoms with Crippen LogP contribution in [0.5, 0.6) is 0 Å². The maximum absolute atomic E-state index is 12.5. The van der Waals surface area contributed by atoms with Crippen molar-refractivity contribution in [2.75, 3.05) is 13.2 Å². The quantitative estimate of drug-likeness (QED) is 0.0320. The summed E-state index contributed by atoms with van der Waals surface area (Å²) in [4.78, 5) is 24.6. The lowest BCUT2D eigenvalue weighted by Gasteiger charge is -2.22. The molecule has 6 nitrogen and oxygen atoms in total. The minimum Gasteiger partial charge on any atom is -0.466 e. The molecule has 1 amide bonds. The molecule has 0 radical (unpaired) electrons. The van der Waals surface area contributed by atoms with E-state index in [9.17, 15) is 19.8 Å². The fraction of sp³-hybridized carbons (Fsp3) is 0.926. The molecular weight excluding hydrogens is 1070 g/mol. The standard InChI is InChI=1S/C81H157NO5/c1-3-5-7-9-11-13-15-17-19-20-42-46-49-53-57-61-65-69-73-79(84)78(77-83)82-80(85)74-70-66-62-58-54-50-47-43-40-38-36-34-32-30-28-26-24-22-21-23-25-27-29-31-33-35-37-39-41-44-48-52-56-60-64-68-72-76-87-81(86)75-71-67-63-59-55-51-45-18-16-14-12-10-8-6-4-2/h21,23,27,29,78-79,83-84H,3-20,22,24-26,28,30-77H2,1-2H3,(H,82,85)/b23-21-,29-27-. The van der Waals surface area contributed by atoms with Crippen LogP contribution in [-0.4, -0.2) is 47.4 Å². The fourth-order valence-electron chi connectivity index (χ4n) is 12.9. The van der Waals surface area contributed by atoms with E-state index in [0.717, 1.165) is 44.9 Å². The minimum atomic E-state index is -0.663. The summed E-state index contributed by atoms with van der Waals surface area (Å²) < 4.78 is 5.50. The Hall–Kier alpha value is -1.66. The van der Waals surface area contributed by atoms with Crippen LogP contribution >= 0.6 is 0 Å². The predicted octanol–water partition coefficient (Wildman–Crippen LogP) is 26.4. The van der Waals surface area contributed by atoms with E-state index in [0.29, 0.717) is 25.9 Å². The smallest absolute Gasteiger partial charge is 0.305 e. The number of ether oxygens (including phenoxy) is 1. The largest absolute Gasteiger partial charge is 0.466 e. The molecule has 0 spiro atoms. The van der Waals surface area contributed by atoms with Gasteiger partial charge in [0.15, 0.2) is 0 Å². The van der Waals surface area contributed by atoms with Crippen LogP contribution in [0.3, 0.4) is 0 Å². The number of nitrogens with one attached hydrogen (secondary N) is 1. The molecule has 0 aliphatic heterocycles. The molecule has 3 N–H and O–H groups in total. The van der Waals surface area contributed by atoms with Crippen LogP contribution in [0.4, 0.5) is 0 Å². The van der Waals surface area contributed by atoms with Crippen LogP contribution in [0, 0.1) is 0 Å². The van der Waals surface area contributed by atoms with E-state index in [-0.39, 0.29) is 18.5 Å². The summed E-state index contributed by atoms with van der Waals surface area (Å²) in [6.07, 6.45) is 98.5. The van der Waals surface area contributed by atoms with Gasteiger partial charge >= 0.3 is 5.97 Å². The van der Waals surface area contributed by atoms with Crippen molar-refractivity contribution in [2.24, 2.45) is 0 Å². The third kappa shape index (κ3) is 73.3. The van der Waals surface area contributed by atoms with Gasteiger partial charge in [0.1, 0.15) is 0 Å². The highest BCUT2D eigenvalue weighted by atomic mass is 16.5. The van der Waals surface area contributed by atoms with Gasteiger partial charge in [-0.2, -0.15) is 0 Å². The summed E-state index contributed by atoms with van der Waals surface area (Å²) in [7, 11) is 0. The molecule has 0 rings (SSSR count). The summed E-state index contributed by atoms with van der Waals surface area (Å²) in [5.41, 5.74) is 0. The van der Waals surface area contributed by atoms with E-state index >= 15 is 0 Å². The van der Waals surface area contributed by atoms with Crippen LogP contribution in [0.15, 0.2) is 24.3 Å². The second kappa shape index (κ2) is 76.8. The average molecular weight is 1230 g/mol. The number of unbranched alkanes of at least 4 members (excludes halogenated alkanes) is 61. The molecule has 87 heavy (non-hydrogen) atoms. The number of rotatable bonds is 76. The first-order valence-corrected chi connectivity index (χ1v) is 40.1. The van der Waals surface area contributed by atoms with E-state index in [2.05, 4.69) is 43.5 Å². The molecule has 2 atom stereocenters. The molecule has 0 heterocycles. The van der Waals surface area contributed by atoms with E-state index in [1.54, 1.807) is 0 Å². The first kappa shape index (κ1) is 85.3. The van der Waals surface area contributed by atoms with Crippen LogP contribution in [0.2, 0.25) is 0 Å². The Morgan fingerprint density at radius 2 is 0.575 bits per heavy atom. The number of allylic oxidation sites excluding steroid dienone is 4. The topological polar surface area (TPSA) is 95.9 Å². The first-order chi connectivity index (χ1) is 43.0. The Bertz CT molecular complexity index is 1360. The number of amides is 1. The van der Waals surface area contributed by atoms with Crippen molar-refractivity contribution in [2.45, 2.75) is 469 Å². The van der Waals surface area contributed by atoms with Crippen LogP contribution in [-0.2, 0) is 14.3 Å². The van der Waals surface area contributed by atoms with Crippen LogP contribution < -0.4 is 5.32 Å². The Morgan fingerprint density at radius 1 is 0.322 bits per heavy atom. The molecule has 0 fully saturated rings. The molecule has 0 aromatic carbocycles. The average Bonchev–Trinajstić information content (AvgIpc) is 3.57. The summed E-state index contributed by atoms with van der Waals surface area (Å²) in [6.45, 7) is 5.01. The van der Waals surface area contributed by atoms with Crippen molar-refractivity contribution in [1.82, 2.24) is 5.32 Å². The van der Waals surface area contributed by atoms with Crippen molar-refractivity contribution in [3.63, 3.8) is 0 Å². The number of esters is 1. The van der Waals surface area contributed by atoms with Gasteiger partial charge in [0.05, 0.1) is 25.4 Å². The van der Waals surface area contributed by atoms with Crippen molar-refractivity contribution in [3.8, 4) is 0 Å². The van der Waals surface area contributed by atoms with Gasteiger partial charge in [-0.05, 0) is 57.8 Å². The summed E-state index contributed by atoms with van der Waals surface area (Å²) in [5, 5.41) is 23.4. The van der Waals surface area contributed by atoms with Crippen molar-refractivity contribution >= 4 is 11.9 Å². The maximum atomic E-state index is 12.5. The van der Waals surface area contributed by atoms with Gasteiger partial charge in [0.25, 0.3) is 0 Å². The first-order valence-electron chi connectivity index (χ1n) is 40.1. The van der Waals surface area contributed by atoms with Crippen LogP contribution in [0.1, 0.15) is 457 Å². The molecule has 0 aliphatic carbocycles. The molecule has 0 saturated heterocycles. The molecule has 2 unspecified atom stereocenters. The Balaban J connectivity index is 3.35. The lowest BCUT2D eigenvalue weighted by atomic mass is 10.0. The lowest BCUT2D eigenvalue weighted by Crippen LogP contribution is -2.45. The maximum Gasteiger partial charge on any atom is 0.305 e. The van der Waals surface area contributed by atoms with E-state index in [4.69, 9.17) is 4.74 Å². The van der Waals surface area contributed by atoms with Crippen molar-refractivity contribution < 1.29 is 24.5 Å². The molecule has 0 bridgehead atoms. The SMILES string of the molecule is CCCCCCCCCCCCCCCCCCCCC(O)C(CO)NC(=O)CCCCCCCCCCCCCCCCCCC/C=C\C/C=C\CCCCCCCCCCCCCCCOC(=O)CCCCCCCCCCCCCCCCC. The highest BCUT2D eigenvalue weighted by molar-refractivity contribution is 5.76. The number of aliphatic hydroxyl groups is 2. The Labute approximate surface area is 545 Å². The molecule has 0 saturated carbocycles. The molecule has 0 aromatic rings. The zero-order valence-electron chi connectivity index (χ0n) is 59.3. The molecule has 516 valence electrons. The van der Waals surface area contributed by atoms with E-state index < -0.39 is 12.1 Å². The lowest BCUT2D eigenvalue weighted by molar-refractivity contribution is -0.143. The second-order valence-electron chi connectivity index (χ2n) is 27.8. The van der Waals surface area contributed by atoms with E-state index in [1.807, 2.05) is 0 Å². The summed E-state index contributed by atoms with van der Waals surface area (Å²) in [5.74, 6) is -0.00498. The van der Waals surface area contributed by atoms with Crippen LogP contribution in [0.25, 0.3) is 0 Å². The van der Waals surface area contributed by atoms with Gasteiger partial charge in [-0.15, -0.1) is 0 Å². The van der Waals surface area contributed by atoms with Crippen molar-refractivity contribution in [3.05, 3.63) is 24.3 Å². The van der Waals surface area contributed by atoms with Gasteiger partial charge in [-0.1, -0.05) is 411 Å². The number of carbonyl (C=O) groups is 2.